The van der Waals surface area contributed by atoms with Crippen LogP contribution in [0.15, 0.2) is 0 Å². The molecule has 0 aliphatic heterocycles. The summed E-state index contributed by atoms with van der Waals surface area (Å²) in [6.07, 6.45) is -0.174. The van der Waals surface area contributed by atoms with Gasteiger partial charge in [-0.1, -0.05) is 0 Å². The Bertz CT molecular complexity index is 267. The molecule has 2 unspecified atom stereocenters. The van der Waals surface area contributed by atoms with E-state index in [9.17, 15) is 14.4 Å². The third-order valence-corrected chi connectivity index (χ3v) is 1.79. The highest BCUT2D eigenvalue weighted by Crippen LogP contribution is 1.95. The maximum Gasteiger partial charge on any atom is 0.303 e. The summed E-state index contributed by atoms with van der Waals surface area (Å²) in [5.41, 5.74) is 10.3. The van der Waals surface area contributed by atoms with E-state index in [0.717, 1.165) is 0 Å². The van der Waals surface area contributed by atoms with E-state index in [4.69, 9.17) is 16.6 Å². The molecular weight excluding hydrogens is 202 g/mol. The molecule has 0 heterocycles. The average molecular weight is 217 g/mol. The van der Waals surface area contributed by atoms with E-state index in [2.05, 4.69) is 5.32 Å². The maximum atomic E-state index is 11.2. The van der Waals surface area contributed by atoms with E-state index in [0.29, 0.717) is 0 Å². The molecule has 0 aliphatic carbocycles. The number of carboxylic acid groups (broad SMARTS) is 1. The van der Waals surface area contributed by atoms with E-state index in [1.54, 1.807) is 0 Å². The Morgan fingerprint density at radius 2 is 1.93 bits per heavy atom. The molecule has 0 saturated heterocycles. The largest absolute Gasteiger partial charge is 0.481 e. The normalized spacial score (nSPS) is 14.0. The smallest absolute Gasteiger partial charge is 0.303 e. The second kappa shape index (κ2) is 5.97. The zero-order chi connectivity index (χ0) is 12.0. The van der Waals surface area contributed by atoms with Crippen LogP contribution in [0.3, 0.4) is 0 Å². The summed E-state index contributed by atoms with van der Waals surface area (Å²) >= 11 is 0. The summed E-state index contributed by atoms with van der Waals surface area (Å²) in [6.45, 7) is 1.42. The van der Waals surface area contributed by atoms with Crippen molar-refractivity contribution < 1.29 is 19.5 Å². The van der Waals surface area contributed by atoms with Crippen LogP contribution in [0.1, 0.15) is 19.8 Å². The van der Waals surface area contributed by atoms with Crippen molar-refractivity contribution >= 4 is 17.8 Å². The topological polar surface area (TPSA) is 136 Å². The van der Waals surface area contributed by atoms with Crippen LogP contribution in [0.5, 0.6) is 0 Å². The molecule has 6 N–H and O–H groups in total. The molecule has 0 radical (unpaired) electrons. The molecule has 2 atom stereocenters. The third-order valence-electron chi connectivity index (χ3n) is 1.79. The number of aliphatic carboxylic acids is 1. The zero-order valence-corrected chi connectivity index (χ0v) is 8.40. The number of rotatable bonds is 6. The lowest BCUT2D eigenvalue weighted by Crippen LogP contribution is -2.49. The van der Waals surface area contributed by atoms with Gasteiger partial charge in [0, 0.05) is 6.42 Å². The van der Waals surface area contributed by atoms with Gasteiger partial charge in [-0.25, -0.2) is 0 Å². The summed E-state index contributed by atoms with van der Waals surface area (Å²) in [5, 5.41) is 10.6. The molecule has 0 aromatic heterocycles. The Morgan fingerprint density at radius 3 is 2.33 bits per heavy atom. The van der Waals surface area contributed by atoms with Crippen molar-refractivity contribution in [1.82, 2.24) is 5.32 Å². The van der Waals surface area contributed by atoms with Gasteiger partial charge in [0.1, 0.15) is 6.04 Å². The first-order valence-corrected chi connectivity index (χ1v) is 4.41. The molecule has 0 aliphatic rings. The van der Waals surface area contributed by atoms with Gasteiger partial charge in [0.05, 0.1) is 6.04 Å². The van der Waals surface area contributed by atoms with Crippen molar-refractivity contribution in [2.24, 2.45) is 11.5 Å². The number of carbonyl (C=O) groups excluding carboxylic acids is 2. The summed E-state index contributed by atoms with van der Waals surface area (Å²) in [4.78, 5) is 32.0. The molecule has 0 rings (SSSR count). The Kier molecular flexibility index (Phi) is 5.32. The predicted octanol–water partition coefficient (Wildman–Crippen LogP) is -1.83. The minimum Gasteiger partial charge on any atom is -0.481 e. The molecule has 0 spiro atoms. The van der Waals surface area contributed by atoms with Gasteiger partial charge in [-0.15, -0.1) is 0 Å². The van der Waals surface area contributed by atoms with Gasteiger partial charge in [0.25, 0.3) is 0 Å². The van der Waals surface area contributed by atoms with Gasteiger partial charge in [0.15, 0.2) is 0 Å². The van der Waals surface area contributed by atoms with Crippen molar-refractivity contribution in [3.05, 3.63) is 0 Å². The molecule has 0 bridgehead atoms. The molecule has 86 valence electrons. The number of hydrogen-bond donors (Lipinski definition) is 4. The predicted molar refractivity (Wildman–Crippen MR) is 51.6 cm³/mol. The van der Waals surface area contributed by atoms with Crippen LogP contribution in [-0.4, -0.2) is 35.0 Å². The summed E-state index contributed by atoms with van der Waals surface area (Å²) in [7, 11) is 0. The SMILES string of the molecule is CC(NC(=O)C(N)CCC(=O)O)C(N)=O. The molecular formula is C8H15N3O4. The number of carbonyl (C=O) groups is 3. The van der Waals surface area contributed by atoms with Crippen LogP contribution >= 0.6 is 0 Å². The minimum absolute atomic E-state index is 0.0205. The van der Waals surface area contributed by atoms with Gasteiger partial charge in [-0.3, -0.25) is 14.4 Å². The van der Waals surface area contributed by atoms with Gasteiger partial charge in [-0.05, 0) is 13.3 Å². The molecule has 0 aromatic rings. The van der Waals surface area contributed by atoms with Crippen LogP contribution in [-0.2, 0) is 14.4 Å². The fourth-order valence-electron chi connectivity index (χ4n) is 0.802. The Morgan fingerprint density at radius 1 is 1.40 bits per heavy atom. The molecule has 7 heteroatoms. The first-order valence-electron chi connectivity index (χ1n) is 4.41. The summed E-state index contributed by atoms with van der Waals surface area (Å²) in [6, 6.07) is -1.75. The quantitative estimate of drug-likeness (QED) is 0.415. The van der Waals surface area contributed by atoms with Gasteiger partial charge in [-0.2, -0.15) is 0 Å². The number of amides is 2. The molecule has 15 heavy (non-hydrogen) atoms. The van der Waals surface area contributed by atoms with Crippen LogP contribution in [0, 0.1) is 0 Å². The lowest BCUT2D eigenvalue weighted by Gasteiger charge is -2.14. The number of nitrogens with two attached hydrogens (primary N) is 2. The van der Waals surface area contributed by atoms with Crippen molar-refractivity contribution in [3.8, 4) is 0 Å². The van der Waals surface area contributed by atoms with Crippen molar-refractivity contribution in [1.29, 1.82) is 0 Å². The standard InChI is InChI=1S/C8H15N3O4/c1-4(7(10)14)11-8(15)5(9)2-3-6(12)13/h4-5H,2-3,9H2,1H3,(H2,10,14)(H,11,15)(H,12,13). The van der Waals surface area contributed by atoms with E-state index < -0.39 is 29.9 Å². The fourth-order valence-corrected chi connectivity index (χ4v) is 0.802. The van der Waals surface area contributed by atoms with Gasteiger partial charge >= 0.3 is 5.97 Å². The van der Waals surface area contributed by atoms with Crippen LogP contribution in [0.25, 0.3) is 0 Å². The Balaban J connectivity index is 3.99. The second-order valence-electron chi connectivity index (χ2n) is 3.17. The molecule has 0 aromatic carbocycles. The van der Waals surface area contributed by atoms with E-state index >= 15 is 0 Å². The van der Waals surface area contributed by atoms with Crippen LogP contribution in [0.2, 0.25) is 0 Å². The van der Waals surface area contributed by atoms with Crippen LogP contribution < -0.4 is 16.8 Å². The van der Waals surface area contributed by atoms with Crippen molar-refractivity contribution in [3.63, 3.8) is 0 Å². The first kappa shape index (κ1) is 13.4. The van der Waals surface area contributed by atoms with Crippen LogP contribution in [0.4, 0.5) is 0 Å². The second-order valence-corrected chi connectivity index (χ2v) is 3.17. The molecule has 2 amide bonds. The fraction of sp³-hybridized carbons (Fsp3) is 0.625. The molecule has 0 fully saturated rings. The minimum atomic E-state index is -1.03. The summed E-state index contributed by atoms with van der Waals surface area (Å²) in [5.74, 6) is -2.28. The average Bonchev–Trinajstić information content (AvgIpc) is 2.13. The highest BCUT2D eigenvalue weighted by molar-refractivity contribution is 5.88. The number of primary amides is 1. The Labute approximate surface area is 86.8 Å². The van der Waals surface area contributed by atoms with Crippen molar-refractivity contribution in [2.45, 2.75) is 31.8 Å². The highest BCUT2D eigenvalue weighted by Gasteiger charge is 2.18. The zero-order valence-electron chi connectivity index (χ0n) is 8.40. The lowest BCUT2D eigenvalue weighted by molar-refractivity contribution is -0.137. The number of nitrogens with one attached hydrogen (secondary N) is 1. The van der Waals surface area contributed by atoms with E-state index in [-0.39, 0.29) is 12.8 Å². The first-order chi connectivity index (χ1) is 6.84. The van der Waals surface area contributed by atoms with E-state index in [1.165, 1.54) is 6.92 Å². The Hall–Kier alpha value is -1.63. The van der Waals surface area contributed by atoms with Gasteiger partial charge in [0.2, 0.25) is 11.8 Å². The van der Waals surface area contributed by atoms with Gasteiger partial charge < -0.3 is 21.9 Å². The maximum absolute atomic E-state index is 11.2. The lowest BCUT2D eigenvalue weighted by atomic mass is 10.1. The highest BCUT2D eigenvalue weighted by atomic mass is 16.4. The summed E-state index contributed by atoms with van der Waals surface area (Å²) < 4.78 is 0. The number of hydrogen-bond acceptors (Lipinski definition) is 4. The third kappa shape index (κ3) is 5.63. The molecule has 0 saturated carbocycles. The van der Waals surface area contributed by atoms with Crippen molar-refractivity contribution in [2.75, 3.05) is 0 Å². The monoisotopic (exact) mass is 217 g/mol. The number of carboxylic acids is 1. The molecule has 7 nitrogen and oxygen atoms in total. The van der Waals surface area contributed by atoms with E-state index in [1.807, 2.05) is 0 Å².